The number of hydrogen-bond acceptors (Lipinski definition) is 1. The molecule has 0 saturated heterocycles. The number of hydrogen-bond donors (Lipinski definition) is 0. The zero-order valence-corrected chi connectivity index (χ0v) is 17.9. The van der Waals surface area contributed by atoms with Crippen molar-refractivity contribution in [3.63, 3.8) is 0 Å². The van der Waals surface area contributed by atoms with Crippen molar-refractivity contribution < 1.29 is 7.13 Å². The second-order valence-electron chi connectivity index (χ2n) is 7.65. The van der Waals surface area contributed by atoms with Crippen molar-refractivity contribution in [2.45, 2.75) is 36.5 Å². The SMILES string of the molecule is [2H]C([2H])(c1cc(-c2ccc(F)cc2)nc[c]1[Ge]([CH3])([CH3])[CH3])C(C)c1ccccc1. The first kappa shape index (κ1) is 16.3. The summed E-state index contributed by atoms with van der Waals surface area (Å²) < 4.78 is 32.4. The van der Waals surface area contributed by atoms with Gasteiger partial charge in [0.1, 0.15) is 0 Å². The average Bonchev–Trinajstić information content (AvgIpc) is 2.67. The summed E-state index contributed by atoms with van der Waals surface area (Å²) in [6.07, 6.45) is 0.302. The molecule has 134 valence electrons. The van der Waals surface area contributed by atoms with E-state index in [0.717, 1.165) is 15.5 Å². The van der Waals surface area contributed by atoms with Crippen molar-refractivity contribution >= 4 is 17.7 Å². The van der Waals surface area contributed by atoms with E-state index in [1.165, 1.54) is 12.1 Å². The molecule has 0 N–H and O–H groups in total. The molecule has 3 heteroatoms. The van der Waals surface area contributed by atoms with Crippen LogP contribution >= 0.6 is 0 Å². The van der Waals surface area contributed by atoms with Crippen LogP contribution in [0.15, 0.2) is 66.9 Å². The van der Waals surface area contributed by atoms with Gasteiger partial charge in [-0.2, -0.15) is 0 Å². The van der Waals surface area contributed by atoms with Crippen LogP contribution in [-0.2, 0) is 6.37 Å². The van der Waals surface area contributed by atoms with Gasteiger partial charge in [-0.1, -0.05) is 0 Å². The average molecular weight is 410 g/mol. The predicted molar refractivity (Wildman–Crippen MR) is 111 cm³/mol. The van der Waals surface area contributed by atoms with E-state index in [1.807, 2.05) is 49.5 Å². The van der Waals surface area contributed by atoms with E-state index in [0.29, 0.717) is 11.3 Å². The molecular weight excluding hydrogens is 382 g/mol. The zero-order valence-electron chi connectivity index (χ0n) is 17.8. The molecule has 0 aliphatic carbocycles. The van der Waals surface area contributed by atoms with Crippen LogP contribution in [0.4, 0.5) is 4.39 Å². The second kappa shape index (κ2) is 7.75. The van der Waals surface area contributed by atoms with Crippen LogP contribution in [0, 0.1) is 5.82 Å². The summed E-state index contributed by atoms with van der Waals surface area (Å²) in [7, 11) is 0. The molecule has 0 saturated carbocycles. The summed E-state index contributed by atoms with van der Waals surface area (Å²) in [6, 6.07) is 17.9. The molecule has 26 heavy (non-hydrogen) atoms. The molecule has 0 amide bonds. The van der Waals surface area contributed by atoms with E-state index in [9.17, 15) is 4.39 Å². The summed E-state index contributed by atoms with van der Waals surface area (Å²) in [5.41, 5.74) is 3.15. The fourth-order valence-corrected chi connectivity index (χ4v) is 5.96. The fourth-order valence-electron chi connectivity index (χ4n) is 3.01. The zero-order chi connectivity index (χ0) is 20.5. The molecule has 2 aromatic carbocycles. The van der Waals surface area contributed by atoms with Crippen LogP contribution in [0.3, 0.4) is 0 Å². The standard InChI is InChI=1S/C23H26FGeN/c1-17(18-8-6-5-7-9-18)14-20-15-23(19-10-12-21(24)13-11-19)26-16-22(20)25(2,3)4/h5-13,15-17H,14H2,1-4H3/i14D2. The molecule has 0 aliphatic heterocycles. The normalized spacial score (nSPS) is 14.5. The van der Waals surface area contributed by atoms with Crippen LogP contribution in [0.25, 0.3) is 11.3 Å². The number of aromatic nitrogens is 1. The van der Waals surface area contributed by atoms with E-state index in [-0.39, 0.29) is 11.7 Å². The van der Waals surface area contributed by atoms with Gasteiger partial charge in [-0.05, 0) is 0 Å². The molecule has 0 spiro atoms. The quantitative estimate of drug-likeness (QED) is 0.486. The van der Waals surface area contributed by atoms with Crippen LogP contribution in [0.5, 0.6) is 0 Å². The number of nitrogens with zero attached hydrogens (tertiary/aromatic N) is 1. The van der Waals surface area contributed by atoms with Gasteiger partial charge in [0.15, 0.2) is 0 Å². The first-order chi connectivity index (χ1) is 13.1. The van der Waals surface area contributed by atoms with Gasteiger partial charge >= 0.3 is 161 Å². The van der Waals surface area contributed by atoms with Gasteiger partial charge in [0.05, 0.1) is 0 Å². The first-order valence-electron chi connectivity index (χ1n) is 9.92. The number of benzene rings is 2. The number of rotatable bonds is 5. The van der Waals surface area contributed by atoms with E-state index >= 15 is 0 Å². The number of halogens is 1. The Morgan fingerprint density at radius 2 is 1.69 bits per heavy atom. The summed E-state index contributed by atoms with van der Waals surface area (Å²) in [5.74, 6) is 6.16. The van der Waals surface area contributed by atoms with E-state index in [1.54, 1.807) is 12.1 Å². The molecule has 3 rings (SSSR count). The molecule has 0 bridgehead atoms. The molecule has 0 fully saturated rings. The van der Waals surface area contributed by atoms with Gasteiger partial charge in [-0.3, -0.25) is 0 Å². The topological polar surface area (TPSA) is 12.9 Å². The van der Waals surface area contributed by atoms with Crippen molar-refractivity contribution in [2.75, 3.05) is 0 Å². The van der Waals surface area contributed by atoms with E-state index < -0.39 is 19.6 Å². The molecule has 1 nitrogen and oxygen atoms in total. The monoisotopic (exact) mass is 411 g/mol. The Morgan fingerprint density at radius 1 is 1.04 bits per heavy atom. The maximum absolute atomic E-state index is 13.3. The van der Waals surface area contributed by atoms with Crippen LogP contribution in [-0.4, -0.2) is 18.3 Å². The van der Waals surface area contributed by atoms with Gasteiger partial charge in [0.25, 0.3) is 0 Å². The van der Waals surface area contributed by atoms with Gasteiger partial charge in [-0.25, -0.2) is 0 Å². The van der Waals surface area contributed by atoms with E-state index in [4.69, 9.17) is 2.74 Å². The Balaban J connectivity index is 2.15. The maximum atomic E-state index is 13.3. The third kappa shape index (κ3) is 4.42. The molecule has 0 aliphatic rings. The number of pyridine rings is 1. The van der Waals surface area contributed by atoms with Gasteiger partial charge in [-0.15, -0.1) is 0 Å². The molecule has 3 aromatic rings. The van der Waals surface area contributed by atoms with Crippen LogP contribution in [0.1, 0.15) is 26.7 Å². The van der Waals surface area contributed by atoms with Crippen LogP contribution < -0.4 is 4.40 Å². The third-order valence-electron chi connectivity index (χ3n) is 4.52. The summed E-state index contributed by atoms with van der Waals surface area (Å²) >= 11 is -2.38. The Labute approximate surface area is 161 Å². The van der Waals surface area contributed by atoms with Crippen LogP contribution in [0.2, 0.25) is 17.3 Å². The Hall–Kier alpha value is -1.94. The van der Waals surface area contributed by atoms with Crippen molar-refractivity contribution in [3.05, 3.63) is 83.8 Å². The van der Waals surface area contributed by atoms with Crippen molar-refractivity contribution in [2.24, 2.45) is 0 Å². The van der Waals surface area contributed by atoms with Crippen molar-refractivity contribution in [3.8, 4) is 11.3 Å². The summed E-state index contributed by atoms with van der Waals surface area (Å²) in [4.78, 5) is 4.61. The minimum absolute atomic E-state index is 0.293. The first-order valence-corrected chi connectivity index (χ1v) is 16.3. The van der Waals surface area contributed by atoms with Gasteiger partial charge < -0.3 is 0 Å². The van der Waals surface area contributed by atoms with Gasteiger partial charge in [0, 0.05) is 0 Å². The summed E-state index contributed by atoms with van der Waals surface area (Å²) in [6.45, 7) is 1.94. The minimum atomic E-state index is -2.38. The molecule has 1 aromatic heterocycles. The molecule has 1 heterocycles. The fraction of sp³-hybridized carbons (Fsp3) is 0.261. The Kier molecular flexibility index (Phi) is 4.84. The van der Waals surface area contributed by atoms with Crippen molar-refractivity contribution in [1.29, 1.82) is 0 Å². The molecular formula is C23H26FGeN. The summed E-state index contributed by atoms with van der Waals surface area (Å²) in [5, 5.41) is 0. The van der Waals surface area contributed by atoms with Crippen molar-refractivity contribution in [1.82, 2.24) is 4.98 Å². The van der Waals surface area contributed by atoms with Gasteiger partial charge in [0.2, 0.25) is 0 Å². The molecule has 1 atom stereocenters. The Bertz CT molecular complexity index is 951. The molecule has 0 radical (unpaired) electrons. The Morgan fingerprint density at radius 3 is 2.31 bits per heavy atom. The van der Waals surface area contributed by atoms with E-state index in [2.05, 4.69) is 22.3 Å². The molecule has 1 unspecified atom stereocenters. The second-order valence-corrected chi connectivity index (χ2v) is 18.2. The third-order valence-corrected chi connectivity index (χ3v) is 8.75. The predicted octanol–water partition coefficient (Wildman–Crippen LogP) is 5.78.